The molecular formula is C20H26N4O4. The third-order valence-electron chi connectivity index (χ3n) is 4.15. The zero-order chi connectivity index (χ0) is 21.1. The number of aryl methyl sites for hydroxylation is 1. The van der Waals surface area contributed by atoms with Crippen LogP contribution in [0.5, 0.6) is 0 Å². The second-order valence-corrected chi connectivity index (χ2v) is 7.93. The van der Waals surface area contributed by atoms with Gasteiger partial charge in [-0.15, -0.1) is 0 Å². The van der Waals surface area contributed by atoms with Crippen LogP contribution in [0.4, 0.5) is 4.79 Å². The van der Waals surface area contributed by atoms with Gasteiger partial charge in [0.2, 0.25) is 0 Å². The number of aromatic nitrogens is 1. The summed E-state index contributed by atoms with van der Waals surface area (Å²) >= 11 is 0. The number of carbonyl (C=O) groups excluding carboxylic acids is 3. The minimum Gasteiger partial charge on any atom is -0.451 e. The number of esters is 1. The third-order valence-corrected chi connectivity index (χ3v) is 4.15. The van der Waals surface area contributed by atoms with Gasteiger partial charge in [0.1, 0.15) is 11.6 Å². The molecule has 3 amide bonds. The summed E-state index contributed by atoms with van der Waals surface area (Å²) in [6.07, 6.45) is 3.73. The van der Waals surface area contributed by atoms with Crippen molar-refractivity contribution in [1.82, 2.24) is 15.2 Å². The highest BCUT2D eigenvalue weighted by Gasteiger charge is 2.27. The van der Waals surface area contributed by atoms with Gasteiger partial charge in [-0.3, -0.25) is 10.1 Å². The lowest BCUT2D eigenvalue weighted by molar-refractivity contribution is -0.144. The molecule has 1 aliphatic carbocycles. The van der Waals surface area contributed by atoms with Gasteiger partial charge in [0.25, 0.3) is 5.91 Å². The molecule has 1 saturated carbocycles. The first-order valence-electron chi connectivity index (χ1n) is 9.11. The van der Waals surface area contributed by atoms with Crippen LogP contribution in [-0.4, -0.2) is 34.6 Å². The number of urea groups is 1. The zero-order valence-electron chi connectivity index (χ0n) is 16.9. The largest absolute Gasteiger partial charge is 0.451 e. The van der Waals surface area contributed by atoms with E-state index in [4.69, 9.17) is 4.74 Å². The first kappa shape index (κ1) is 21.2. The molecule has 0 unspecified atom stereocenters. The molecule has 1 fully saturated rings. The summed E-state index contributed by atoms with van der Waals surface area (Å²) in [7, 11) is 0. The van der Waals surface area contributed by atoms with Gasteiger partial charge in [0, 0.05) is 23.0 Å². The van der Waals surface area contributed by atoms with Crippen LogP contribution in [0.1, 0.15) is 56.6 Å². The summed E-state index contributed by atoms with van der Waals surface area (Å²) in [5.41, 5.74) is 2.11. The van der Waals surface area contributed by atoms with E-state index in [2.05, 4.69) is 15.2 Å². The van der Waals surface area contributed by atoms with Gasteiger partial charge in [-0.25, -0.2) is 9.59 Å². The molecular weight excluding hydrogens is 360 g/mol. The van der Waals surface area contributed by atoms with Crippen LogP contribution in [0, 0.1) is 25.2 Å². The van der Waals surface area contributed by atoms with Crippen molar-refractivity contribution < 1.29 is 19.1 Å². The number of nitriles is 1. The van der Waals surface area contributed by atoms with Gasteiger partial charge in [-0.2, -0.15) is 5.26 Å². The number of amides is 3. The quantitative estimate of drug-likeness (QED) is 0.459. The Morgan fingerprint density at radius 3 is 2.50 bits per heavy atom. The Balaban J connectivity index is 1.98. The van der Waals surface area contributed by atoms with E-state index in [1.807, 2.05) is 26.0 Å². The van der Waals surface area contributed by atoms with Crippen molar-refractivity contribution in [2.75, 3.05) is 6.61 Å². The fraction of sp³-hybridized carbons (Fsp3) is 0.500. The molecule has 0 aromatic carbocycles. The summed E-state index contributed by atoms with van der Waals surface area (Å²) in [5.74, 6) is -1.69. The van der Waals surface area contributed by atoms with Gasteiger partial charge >= 0.3 is 12.0 Å². The monoisotopic (exact) mass is 386 g/mol. The minimum absolute atomic E-state index is 0.206. The van der Waals surface area contributed by atoms with Crippen molar-refractivity contribution in [1.29, 1.82) is 5.26 Å². The molecule has 1 aromatic rings. The Hall–Kier alpha value is -3.08. The molecule has 1 heterocycles. The molecule has 0 saturated heterocycles. The fourth-order valence-corrected chi connectivity index (χ4v) is 2.88. The van der Waals surface area contributed by atoms with Crippen LogP contribution in [0.3, 0.4) is 0 Å². The lowest BCUT2D eigenvalue weighted by Gasteiger charge is -2.20. The summed E-state index contributed by atoms with van der Waals surface area (Å²) in [6.45, 7) is 8.57. The van der Waals surface area contributed by atoms with Crippen LogP contribution in [0.2, 0.25) is 0 Å². The Bertz CT molecular complexity index is 864. The van der Waals surface area contributed by atoms with E-state index in [0.717, 1.165) is 29.8 Å². The number of carbonyl (C=O) groups is 3. The summed E-state index contributed by atoms with van der Waals surface area (Å²) in [6, 6.07) is 3.54. The normalized spacial score (nSPS) is 14.2. The van der Waals surface area contributed by atoms with Crippen molar-refractivity contribution >= 4 is 24.0 Å². The average molecular weight is 386 g/mol. The van der Waals surface area contributed by atoms with E-state index in [0.29, 0.717) is 6.04 Å². The highest BCUT2D eigenvalue weighted by molar-refractivity contribution is 6.00. The van der Waals surface area contributed by atoms with E-state index in [1.54, 1.807) is 20.8 Å². The first-order chi connectivity index (χ1) is 13.0. The van der Waals surface area contributed by atoms with E-state index in [-0.39, 0.29) is 5.57 Å². The number of nitrogens with zero attached hydrogens (tertiary/aromatic N) is 2. The molecule has 0 spiro atoms. The summed E-state index contributed by atoms with van der Waals surface area (Å²) < 4.78 is 7.07. The lowest BCUT2D eigenvalue weighted by Crippen LogP contribution is -2.49. The molecule has 2 N–H and O–H groups in total. The van der Waals surface area contributed by atoms with Crippen LogP contribution in [-0.2, 0) is 14.3 Å². The molecule has 2 rings (SSSR count). The van der Waals surface area contributed by atoms with Crippen molar-refractivity contribution in [2.24, 2.45) is 0 Å². The average Bonchev–Trinajstić information content (AvgIpc) is 3.35. The third kappa shape index (κ3) is 5.71. The fourth-order valence-electron chi connectivity index (χ4n) is 2.88. The maximum absolute atomic E-state index is 12.1. The van der Waals surface area contributed by atoms with Gasteiger partial charge < -0.3 is 14.6 Å². The van der Waals surface area contributed by atoms with E-state index >= 15 is 0 Å². The molecule has 28 heavy (non-hydrogen) atoms. The second-order valence-electron chi connectivity index (χ2n) is 7.93. The number of hydrogen-bond acceptors (Lipinski definition) is 5. The maximum Gasteiger partial charge on any atom is 0.349 e. The van der Waals surface area contributed by atoms with Gasteiger partial charge in [-0.05, 0) is 65.2 Å². The maximum atomic E-state index is 12.1. The zero-order valence-corrected chi connectivity index (χ0v) is 16.9. The van der Waals surface area contributed by atoms with Crippen molar-refractivity contribution in [3.8, 4) is 6.07 Å². The molecule has 1 aromatic heterocycles. The lowest BCUT2D eigenvalue weighted by atomic mass is 10.1. The van der Waals surface area contributed by atoms with Crippen LogP contribution in [0.15, 0.2) is 11.6 Å². The molecule has 0 bridgehead atoms. The molecule has 0 atom stereocenters. The van der Waals surface area contributed by atoms with Crippen molar-refractivity contribution in [2.45, 2.75) is 59.0 Å². The molecule has 0 radical (unpaired) electrons. The first-order valence-corrected chi connectivity index (χ1v) is 9.11. The van der Waals surface area contributed by atoms with E-state index < -0.39 is 30.1 Å². The predicted octanol–water partition coefficient (Wildman–Crippen LogP) is 2.51. The predicted molar refractivity (Wildman–Crippen MR) is 103 cm³/mol. The number of rotatable bonds is 5. The molecule has 8 nitrogen and oxygen atoms in total. The molecule has 1 aliphatic rings. The van der Waals surface area contributed by atoms with Gasteiger partial charge in [0.05, 0.1) is 0 Å². The Morgan fingerprint density at radius 1 is 1.32 bits per heavy atom. The highest BCUT2D eigenvalue weighted by atomic mass is 16.5. The summed E-state index contributed by atoms with van der Waals surface area (Å²) in [5, 5.41) is 13.9. The van der Waals surface area contributed by atoms with Gasteiger partial charge in [0.15, 0.2) is 6.61 Å². The van der Waals surface area contributed by atoms with Crippen LogP contribution >= 0.6 is 0 Å². The highest BCUT2D eigenvalue weighted by Crippen LogP contribution is 2.38. The Kier molecular flexibility index (Phi) is 6.29. The van der Waals surface area contributed by atoms with E-state index in [9.17, 15) is 19.6 Å². The standard InChI is InChI=1S/C20H26N4O4/c1-12-8-14(13(2)24(12)16-6-7-16)9-15(10-21)18(26)28-11-17(25)22-19(27)23-20(3,4)5/h8-9,16H,6-7,11H2,1-5H3,(H2,22,23,25,27)/b15-9+. The van der Waals surface area contributed by atoms with Crippen LogP contribution in [0.25, 0.3) is 6.08 Å². The molecule has 8 heteroatoms. The van der Waals surface area contributed by atoms with Crippen LogP contribution < -0.4 is 10.6 Å². The topological polar surface area (TPSA) is 113 Å². The minimum atomic E-state index is -0.912. The van der Waals surface area contributed by atoms with Gasteiger partial charge in [-0.1, -0.05) is 0 Å². The second kappa shape index (κ2) is 8.30. The van der Waals surface area contributed by atoms with Crippen molar-refractivity contribution in [3.63, 3.8) is 0 Å². The summed E-state index contributed by atoms with van der Waals surface area (Å²) in [4.78, 5) is 35.5. The Labute approximate surface area is 164 Å². The Morgan fingerprint density at radius 2 is 1.96 bits per heavy atom. The smallest absolute Gasteiger partial charge is 0.349 e. The molecule has 150 valence electrons. The number of nitrogens with one attached hydrogen (secondary N) is 2. The number of imide groups is 1. The van der Waals surface area contributed by atoms with Crippen molar-refractivity contribution in [3.05, 3.63) is 28.6 Å². The molecule has 0 aliphatic heterocycles. The number of hydrogen-bond donors (Lipinski definition) is 2. The SMILES string of the molecule is Cc1cc(/C=C(\C#N)C(=O)OCC(=O)NC(=O)NC(C)(C)C)c(C)n1C1CC1. The number of ether oxygens (including phenoxy) is 1. The van der Waals surface area contributed by atoms with E-state index in [1.165, 1.54) is 6.08 Å².